The lowest BCUT2D eigenvalue weighted by Crippen LogP contribution is -2.43. The molecule has 1 fully saturated rings. The summed E-state index contributed by atoms with van der Waals surface area (Å²) >= 11 is 0. The van der Waals surface area contributed by atoms with Gasteiger partial charge in [0.05, 0.1) is 12.5 Å². The quantitative estimate of drug-likeness (QED) is 0.892. The number of ether oxygens (including phenoxy) is 1. The number of carboxylic acid groups (broad SMARTS) is 1. The summed E-state index contributed by atoms with van der Waals surface area (Å²) in [7, 11) is 0. The standard InChI is InChI=1S/C15H17NO5/c1-10(7-13(17)18)14(19)16-12(9-21-15(16)20)8-11-5-3-2-4-6-11/h2-6,10,12H,7-9H2,1H3,(H,17,18)/t10?,12-/m0/s1. The number of cyclic esters (lactones) is 1. The molecule has 0 aromatic heterocycles. The molecule has 112 valence electrons. The van der Waals surface area contributed by atoms with Crippen LogP contribution in [0.1, 0.15) is 18.9 Å². The zero-order chi connectivity index (χ0) is 15.4. The number of carboxylic acids is 1. The molecular weight excluding hydrogens is 274 g/mol. The van der Waals surface area contributed by atoms with Crippen molar-refractivity contribution in [3.8, 4) is 0 Å². The summed E-state index contributed by atoms with van der Waals surface area (Å²) in [6, 6.07) is 9.08. The maximum atomic E-state index is 12.3. The van der Waals surface area contributed by atoms with E-state index in [-0.39, 0.29) is 19.1 Å². The molecule has 1 unspecified atom stereocenters. The SMILES string of the molecule is CC(CC(=O)O)C(=O)N1C(=O)OC[C@@H]1Cc1ccccc1. The van der Waals surface area contributed by atoms with E-state index in [1.54, 1.807) is 0 Å². The molecular formula is C15H17NO5. The normalized spacial score (nSPS) is 19.2. The van der Waals surface area contributed by atoms with Gasteiger partial charge in [-0.1, -0.05) is 37.3 Å². The van der Waals surface area contributed by atoms with E-state index in [2.05, 4.69) is 0 Å². The molecule has 2 amide bonds. The average molecular weight is 291 g/mol. The van der Waals surface area contributed by atoms with Gasteiger partial charge in [-0.3, -0.25) is 9.59 Å². The van der Waals surface area contributed by atoms with Crippen LogP contribution in [0.3, 0.4) is 0 Å². The van der Waals surface area contributed by atoms with Crippen molar-refractivity contribution < 1.29 is 24.2 Å². The Hall–Kier alpha value is -2.37. The zero-order valence-corrected chi connectivity index (χ0v) is 11.7. The number of rotatable bonds is 5. The van der Waals surface area contributed by atoms with Crippen LogP contribution in [0.2, 0.25) is 0 Å². The van der Waals surface area contributed by atoms with Gasteiger partial charge in [0.1, 0.15) is 6.61 Å². The Labute approximate surface area is 122 Å². The maximum absolute atomic E-state index is 12.3. The third kappa shape index (κ3) is 3.59. The summed E-state index contributed by atoms with van der Waals surface area (Å²) in [5.74, 6) is -2.32. The Kier molecular flexibility index (Phi) is 4.57. The van der Waals surface area contributed by atoms with Gasteiger partial charge in [-0.15, -0.1) is 0 Å². The minimum atomic E-state index is -1.07. The van der Waals surface area contributed by atoms with Crippen LogP contribution in [0.4, 0.5) is 4.79 Å². The number of hydrogen-bond donors (Lipinski definition) is 1. The van der Waals surface area contributed by atoms with E-state index in [1.807, 2.05) is 30.3 Å². The van der Waals surface area contributed by atoms with Gasteiger partial charge < -0.3 is 9.84 Å². The van der Waals surface area contributed by atoms with Gasteiger partial charge in [0.15, 0.2) is 0 Å². The highest BCUT2D eigenvalue weighted by atomic mass is 16.6. The lowest BCUT2D eigenvalue weighted by atomic mass is 10.0. The summed E-state index contributed by atoms with van der Waals surface area (Å²) < 4.78 is 4.95. The third-order valence-electron chi connectivity index (χ3n) is 3.42. The highest BCUT2D eigenvalue weighted by Crippen LogP contribution is 2.21. The Bertz CT molecular complexity index is 542. The number of carbonyl (C=O) groups is 3. The van der Waals surface area contributed by atoms with Crippen LogP contribution in [0.5, 0.6) is 0 Å². The molecule has 1 heterocycles. The second-order valence-corrected chi connectivity index (χ2v) is 5.13. The first-order valence-electron chi connectivity index (χ1n) is 6.74. The van der Waals surface area contributed by atoms with Crippen molar-refractivity contribution in [1.82, 2.24) is 4.90 Å². The number of aliphatic carboxylic acids is 1. The molecule has 0 aliphatic carbocycles. The Morgan fingerprint density at radius 3 is 2.67 bits per heavy atom. The molecule has 1 aliphatic rings. The second kappa shape index (κ2) is 6.39. The molecule has 0 spiro atoms. The smallest absolute Gasteiger partial charge is 0.416 e. The van der Waals surface area contributed by atoms with Gasteiger partial charge in [0.2, 0.25) is 5.91 Å². The van der Waals surface area contributed by atoms with Crippen LogP contribution in [0.15, 0.2) is 30.3 Å². The van der Waals surface area contributed by atoms with E-state index in [0.29, 0.717) is 6.42 Å². The predicted molar refractivity (Wildman–Crippen MR) is 73.5 cm³/mol. The van der Waals surface area contributed by atoms with Gasteiger partial charge in [0, 0.05) is 5.92 Å². The lowest BCUT2D eigenvalue weighted by Gasteiger charge is -2.22. The fourth-order valence-corrected chi connectivity index (χ4v) is 2.35. The molecule has 1 aromatic carbocycles. The molecule has 0 bridgehead atoms. The first kappa shape index (κ1) is 15.0. The summed E-state index contributed by atoms with van der Waals surface area (Å²) in [6.07, 6.45) is -0.503. The molecule has 2 atom stereocenters. The molecule has 6 heteroatoms. The van der Waals surface area contributed by atoms with Gasteiger partial charge in [-0.25, -0.2) is 9.69 Å². The molecule has 1 N–H and O–H groups in total. The highest BCUT2D eigenvalue weighted by Gasteiger charge is 2.39. The fourth-order valence-electron chi connectivity index (χ4n) is 2.35. The monoisotopic (exact) mass is 291 g/mol. The van der Waals surface area contributed by atoms with Crippen molar-refractivity contribution >= 4 is 18.0 Å². The largest absolute Gasteiger partial charge is 0.481 e. The summed E-state index contributed by atoms with van der Waals surface area (Å²) in [5, 5.41) is 8.76. The Morgan fingerprint density at radius 2 is 2.05 bits per heavy atom. The van der Waals surface area contributed by atoms with Crippen molar-refractivity contribution in [3.63, 3.8) is 0 Å². The van der Waals surface area contributed by atoms with Crippen LogP contribution < -0.4 is 0 Å². The summed E-state index contributed by atoms with van der Waals surface area (Å²) in [4.78, 5) is 35.7. The van der Waals surface area contributed by atoms with Crippen molar-refractivity contribution in [3.05, 3.63) is 35.9 Å². The van der Waals surface area contributed by atoms with Crippen molar-refractivity contribution in [1.29, 1.82) is 0 Å². The lowest BCUT2D eigenvalue weighted by molar-refractivity contribution is -0.143. The molecule has 2 rings (SSSR count). The second-order valence-electron chi connectivity index (χ2n) is 5.13. The van der Waals surface area contributed by atoms with Gasteiger partial charge in [-0.2, -0.15) is 0 Å². The highest BCUT2D eigenvalue weighted by molar-refractivity contribution is 5.95. The van der Waals surface area contributed by atoms with Crippen LogP contribution in [0.25, 0.3) is 0 Å². The fraction of sp³-hybridized carbons (Fsp3) is 0.400. The number of nitrogens with zero attached hydrogens (tertiary/aromatic N) is 1. The van der Waals surface area contributed by atoms with Gasteiger partial charge in [-0.05, 0) is 12.0 Å². The van der Waals surface area contributed by atoms with Crippen molar-refractivity contribution in [2.75, 3.05) is 6.61 Å². The van der Waals surface area contributed by atoms with E-state index in [0.717, 1.165) is 10.5 Å². The Morgan fingerprint density at radius 1 is 1.38 bits per heavy atom. The van der Waals surface area contributed by atoms with Crippen LogP contribution in [-0.2, 0) is 20.7 Å². The summed E-state index contributed by atoms with van der Waals surface area (Å²) in [5.41, 5.74) is 0.990. The molecule has 6 nitrogen and oxygen atoms in total. The molecule has 1 aromatic rings. The van der Waals surface area contributed by atoms with E-state index in [9.17, 15) is 14.4 Å². The first-order valence-corrected chi connectivity index (χ1v) is 6.74. The van der Waals surface area contributed by atoms with E-state index in [4.69, 9.17) is 9.84 Å². The van der Waals surface area contributed by atoms with E-state index < -0.39 is 23.9 Å². The van der Waals surface area contributed by atoms with Crippen molar-refractivity contribution in [2.45, 2.75) is 25.8 Å². The number of hydrogen-bond acceptors (Lipinski definition) is 4. The number of imide groups is 1. The number of benzene rings is 1. The molecule has 1 saturated heterocycles. The first-order chi connectivity index (χ1) is 9.99. The van der Waals surface area contributed by atoms with Gasteiger partial charge >= 0.3 is 12.1 Å². The minimum absolute atomic E-state index is 0.138. The van der Waals surface area contributed by atoms with Crippen LogP contribution >= 0.6 is 0 Å². The third-order valence-corrected chi connectivity index (χ3v) is 3.42. The Balaban J connectivity index is 2.09. The molecule has 0 radical (unpaired) electrons. The van der Waals surface area contributed by atoms with Crippen LogP contribution in [0, 0.1) is 5.92 Å². The molecule has 21 heavy (non-hydrogen) atoms. The molecule has 0 saturated carbocycles. The molecule has 1 aliphatic heterocycles. The van der Waals surface area contributed by atoms with E-state index >= 15 is 0 Å². The van der Waals surface area contributed by atoms with Crippen LogP contribution in [-0.4, -0.2) is 40.6 Å². The van der Waals surface area contributed by atoms with Gasteiger partial charge in [0.25, 0.3) is 0 Å². The zero-order valence-electron chi connectivity index (χ0n) is 11.7. The predicted octanol–water partition coefficient (Wildman–Crippen LogP) is 1.69. The van der Waals surface area contributed by atoms with Crippen molar-refractivity contribution in [2.24, 2.45) is 5.92 Å². The number of carbonyl (C=O) groups excluding carboxylic acids is 2. The van der Waals surface area contributed by atoms with E-state index in [1.165, 1.54) is 6.92 Å². The topological polar surface area (TPSA) is 83.9 Å². The summed E-state index contributed by atoms with van der Waals surface area (Å²) in [6.45, 7) is 1.64. The maximum Gasteiger partial charge on any atom is 0.416 e. The number of amides is 2. The minimum Gasteiger partial charge on any atom is -0.481 e. The average Bonchev–Trinajstić information content (AvgIpc) is 2.79.